The van der Waals surface area contributed by atoms with Crippen molar-refractivity contribution in [2.75, 3.05) is 11.9 Å². The Kier molecular flexibility index (Phi) is 4.05. The fourth-order valence-corrected chi connectivity index (χ4v) is 2.09. The van der Waals surface area contributed by atoms with Crippen LogP contribution in [0.4, 0.5) is 5.69 Å². The standard InChI is InChI=1S/C15H20N2O/c1-3-14(16)13-8-4-5-9-15(13)17(2)11-12-7-6-10-18-12/h4-10,14H,3,11,16H2,1-2H3/t14-/m1/s1. The predicted octanol–water partition coefficient (Wildman–Crippen LogP) is 3.33. The largest absolute Gasteiger partial charge is 0.467 e. The normalized spacial score (nSPS) is 12.4. The Morgan fingerprint density at radius 3 is 2.67 bits per heavy atom. The molecule has 2 rings (SSSR count). The van der Waals surface area contributed by atoms with Gasteiger partial charge in [-0.2, -0.15) is 0 Å². The van der Waals surface area contributed by atoms with E-state index in [-0.39, 0.29) is 6.04 Å². The van der Waals surface area contributed by atoms with Crippen LogP contribution in [-0.2, 0) is 6.54 Å². The van der Waals surface area contributed by atoms with Gasteiger partial charge in [0, 0.05) is 18.8 Å². The van der Waals surface area contributed by atoms with E-state index in [1.807, 2.05) is 24.3 Å². The third-order valence-corrected chi connectivity index (χ3v) is 3.16. The number of nitrogens with two attached hydrogens (primary N) is 1. The van der Waals surface area contributed by atoms with Crippen molar-refractivity contribution in [3.63, 3.8) is 0 Å². The van der Waals surface area contributed by atoms with Crippen LogP contribution >= 0.6 is 0 Å². The average Bonchev–Trinajstić information content (AvgIpc) is 2.90. The summed E-state index contributed by atoms with van der Waals surface area (Å²) in [6.07, 6.45) is 2.64. The number of anilines is 1. The van der Waals surface area contributed by atoms with Gasteiger partial charge in [-0.05, 0) is 30.2 Å². The van der Waals surface area contributed by atoms with Gasteiger partial charge in [-0.1, -0.05) is 25.1 Å². The van der Waals surface area contributed by atoms with E-state index in [9.17, 15) is 0 Å². The van der Waals surface area contributed by atoms with E-state index in [1.54, 1.807) is 6.26 Å². The second-order valence-corrected chi connectivity index (χ2v) is 4.51. The quantitative estimate of drug-likeness (QED) is 0.877. The topological polar surface area (TPSA) is 42.4 Å². The monoisotopic (exact) mass is 244 g/mol. The molecule has 1 aromatic heterocycles. The Balaban J connectivity index is 2.21. The smallest absolute Gasteiger partial charge is 0.123 e. The highest BCUT2D eigenvalue weighted by Crippen LogP contribution is 2.26. The Labute approximate surface area is 108 Å². The minimum atomic E-state index is 0.0836. The van der Waals surface area contributed by atoms with Crippen molar-refractivity contribution in [1.29, 1.82) is 0 Å². The summed E-state index contributed by atoms with van der Waals surface area (Å²) >= 11 is 0. The number of para-hydroxylation sites is 1. The maximum atomic E-state index is 6.16. The highest BCUT2D eigenvalue weighted by Gasteiger charge is 2.12. The molecule has 0 fully saturated rings. The molecule has 3 nitrogen and oxygen atoms in total. The Bertz CT molecular complexity index is 479. The highest BCUT2D eigenvalue weighted by atomic mass is 16.3. The molecule has 18 heavy (non-hydrogen) atoms. The molecule has 0 saturated heterocycles. The first-order valence-corrected chi connectivity index (χ1v) is 6.30. The molecule has 0 unspecified atom stereocenters. The first-order chi connectivity index (χ1) is 8.72. The highest BCUT2D eigenvalue weighted by molar-refractivity contribution is 5.54. The molecule has 1 atom stereocenters. The molecule has 0 aliphatic carbocycles. The summed E-state index contributed by atoms with van der Waals surface area (Å²) in [5, 5.41) is 0. The molecule has 0 aliphatic heterocycles. The van der Waals surface area contributed by atoms with E-state index >= 15 is 0 Å². The zero-order valence-electron chi connectivity index (χ0n) is 11.0. The summed E-state index contributed by atoms with van der Waals surface area (Å²) in [6, 6.07) is 12.3. The van der Waals surface area contributed by atoms with Gasteiger partial charge in [0.25, 0.3) is 0 Å². The zero-order valence-corrected chi connectivity index (χ0v) is 11.0. The van der Waals surface area contributed by atoms with E-state index in [2.05, 4.69) is 31.0 Å². The fraction of sp³-hybridized carbons (Fsp3) is 0.333. The molecule has 2 aromatic rings. The maximum absolute atomic E-state index is 6.16. The van der Waals surface area contributed by atoms with E-state index in [0.717, 1.165) is 18.7 Å². The van der Waals surface area contributed by atoms with Crippen molar-refractivity contribution in [3.05, 3.63) is 54.0 Å². The van der Waals surface area contributed by atoms with Crippen LogP contribution in [0.15, 0.2) is 47.1 Å². The lowest BCUT2D eigenvalue weighted by Crippen LogP contribution is -2.20. The number of hydrogen-bond acceptors (Lipinski definition) is 3. The van der Waals surface area contributed by atoms with Crippen molar-refractivity contribution in [2.45, 2.75) is 25.9 Å². The van der Waals surface area contributed by atoms with Crippen LogP contribution < -0.4 is 10.6 Å². The van der Waals surface area contributed by atoms with E-state index in [1.165, 1.54) is 11.3 Å². The second kappa shape index (κ2) is 5.74. The predicted molar refractivity (Wildman–Crippen MR) is 74.5 cm³/mol. The molecular weight excluding hydrogens is 224 g/mol. The minimum Gasteiger partial charge on any atom is -0.467 e. The van der Waals surface area contributed by atoms with Crippen LogP contribution in [0.3, 0.4) is 0 Å². The third kappa shape index (κ3) is 2.74. The van der Waals surface area contributed by atoms with Gasteiger partial charge >= 0.3 is 0 Å². The molecule has 2 N–H and O–H groups in total. The summed E-state index contributed by atoms with van der Waals surface area (Å²) in [4.78, 5) is 2.17. The van der Waals surface area contributed by atoms with Crippen molar-refractivity contribution in [1.82, 2.24) is 0 Å². The van der Waals surface area contributed by atoms with Gasteiger partial charge in [-0.3, -0.25) is 0 Å². The molecule has 0 saturated carbocycles. The second-order valence-electron chi connectivity index (χ2n) is 4.51. The van der Waals surface area contributed by atoms with Gasteiger partial charge in [-0.15, -0.1) is 0 Å². The van der Waals surface area contributed by atoms with Gasteiger partial charge in [0.05, 0.1) is 12.8 Å². The molecule has 0 aliphatic rings. The van der Waals surface area contributed by atoms with Gasteiger partial charge in [-0.25, -0.2) is 0 Å². The van der Waals surface area contributed by atoms with E-state index in [0.29, 0.717) is 0 Å². The number of nitrogens with zero attached hydrogens (tertiary/aromatic N) is 1. The number of rotatable bonds is 5. The summed E-state index contributed by atoms with van der Waals surface area (Å²) in [7, 11) is 2.06. The Hall–Kier alpha value is -1.74. The molecule has 0 bridgehead atoms. The first-order valence-electron chi connectivity index (χ1n) is 6.30. The van der Waals surface area contributed by atoms with Crippen LogP contribution in [0.1, 0.15) is 30.7 Å². The third-order valence-electron chi connectivity index (χ3n) is 3.16. The fourth-order valence-electron chi connectivity index (χ4n) is 2.09. The van der Waals surface area contributed by atoms with Crippen LogP contribution in [0.5, 0.6) is 0 Å². The molecule has 3 heteroatoms. The zero-order chi connectivity index (χ0) is 13.0. The summed E-state index contributed by atoms with van der Waals surface area (Å²) in [5.41, 5.74) is 8.51. The van der Waals surface area contributed by atoms with Gasteiger partial charge < -0.3 is 15.1 Å². The average molecular weight is 244 g/mol. The van der Waals surface area contributed by atoms with Crippen LogP contribution in [-0.4, -0.2) is 7.05 Å². The Morgan fingerprint density at radius 2 is 2.00 bits per heavy atom. The van der Waals surface area contributed by atoms with Crippen LogP contribution in [0.25, 0.3) is 0 Å². The maximum Gasteiger partial charge on any atom is 0.123 e. The molecule has 0 amide bonds. The summed E-state index contributed by atoms with van der Waals surface area (Å²) in [5.74, 6) is 0.956. The van der Waals surface area contributed by atoms with E-state index < -0.39 is 0 Å². The number of benzene rings is 1. The molecule has 1 aromatic carbocycles. The summed E-state index contributed by atoms with van der Waals surface area (Å²) in [6.45, 7) is 2.86. The van der Waals surface area contributed by atoms with Crippen LogP contribution in [0, 0.1) is 0 Å². The summed E-state index contributed by atoms with van der Waals surface area (Å²) < 4.78 is 5.38. The first kappa shape index (κ1) is 12.7. The van der Waals surface area contributed by atoms with E-state index in [4.69, 9.17) is 10.2 Å². The van der Waals surface area contributed by atoms with Gasteiger partial charge in [0.15, 0.2) is 0 Å². The molecule has 1 heterocycles. The molecule has 0 radical (unpaired) electrons. The lowest BCUT2D eigenvalue weighted by Gasteiger charge is -2.23. The Morgan fingerprint density at radius 1 is 1.22 bits per heavy atom. The number of hydrogen-bond donors (Lipinski definition) is 1. The molecule has 0 spiro atoms. The van der Waals surface area contributed by atoms with Crippen LogP contribution in [0.2, 0.25) is 0 Å². The molecule has 96 valence electrons. The van der Waals surface area contributed by atoms with Crippen molar-refractivity contribution < 1.29 is 4.42 Å². The minimum absolute atomic E-state index is 0.0836. The van der Waals surface area contributed by atoms with Gasteiger partial charge in [0.1, 0.15) is 5.76 Å². The van der Waals surface area contributed by atoms with Crippen molar-refractivity contribution >= 4 is 5.69 Å². The number of furan rings is 1. The lowest BCUT2D eigenvalue weighted by atomic mass is 10.0. The van der Waals surface area contributed by atoms with Gasteiger partial charge in [0.2, 0.25) is 0 Å². The van der Waals surface area contributed by atoms with Crippen molar-refractivity contribution in [2.24, 2.45) is 5.73 Å². The lowest BCUT2D eigenvalue weighted by molar-refractivity contribution is 0.507. The van der Waals surface area contributed by atoms with Crippen molar-refractivity contribution in [3.8, 4) is 0 Å². The SMILES string of the molecule is CC[C@@H](N)c1ccccc1N(C)Cc1ccco1. The molecular formula is C15H20N2O.